The Morgan fingerprint density at radius 2 is 1.25 bits per heavy atom. The van der Waals surface area contributed by atoms with Crippen LogP contribution < -0.4 is 0 Å². The van der Waals surface area contributed by atoms with Crippen molar-refractivity contribution in [2.24, 2.45) is 5.92 Å². The van der Waals surface area contributed by atoms with Crippen LogP contribution in [-0.4, -0.2) is 0 Å². The average molecular weight is 216 g/mol. The molecule has 1 aliphatic rings. The van der Waals surface area contributed by atoms with Gasteiger partial charge in [0.15, 0.2) is 0 Å². The first-order valence-electron chi connectivity index (χ1n) is 6.51. The molecule has 0 amide bonds. The van der Waals surface area contributed by atoms with Gasteiger partial charge in [-0.2, -0.15) is 0 Å². The van der Waals surface area contributed by atoms with Gasteiger partial charge in [-0.25, -0.2) is 0 Å². The first-order chi connectivity index (χ1) is 7.93. The SMILES string of the molecule is C=CC1CC=CCCC=CCCC=CCC1. The van der Waals surface area contributed by atoms with Crippen molar-refractivity contribution in [2.45, 2.75) is 44.9 Å². The van der Waals surface area contributed by atoms with E-state index in [2.05, 4.69) is 49.1 Å². The maximum atomic E-state index is 3.92. The Bertz CT molecular complexity index is 255. The molecule has 0 heterocycles. The van der Waals surface area contributed by atoms with Gasteiger partial charge in [0.1, 0.15) is 0 Å². The van der Waals surface area contributed by atoms with Crippen LogP contribution in [0.25, 0.3) is 0 Å². The van der Waals surface area contributed by atoms with Crippen LogP contribution in [0, 0.1) is 5.92 Å². The Kier molecular flexibility index (Phi) is 7.49. The van der Waals surface area contributed by atoms with E-state index in [9.17, 15) is 0 Å². The highest BCUT2D eigenvalue weighted by Crippen LogP contribution is 2.14. The summed E-state index contributed by atoms with van der Waals surface area (Å²) in [5.74, 6) is 0.652. The highest BCUT2D eigenvalue weighted by molar-refractivity contribution is 4.95. The lowest BCUT2D eigenvalue weighted by Gasteiger charge is -2.07. The van der Waals surface area contributed by atoms with Crippen LogP contribution in [0.3, 0.4) is 0 Å². The van der Waals surface area contributed by atoms with Crippen LogP contribution in [0.15, 0.2) is 49.1 Å². The largest absolute Gasteiger partial charge is 0.103 e. The smallest absolute Gasteiger partial charge is 0.0199 e. The molecule has 0 radical (unpaired) electrons. The standard InChI is InChI=1S/C16H24/c1-2-16-14-12-10-8-6-4-3-5-7-9-11-13-15-16/h2-4,9-12,16H,1,5-8,13-15H2. The van der Waals surface area contributed by atoms with Gasteiger partial charge < -0.3 is 0 Å². The van der Waals surface area contributed by atoms with Crippen LogP contribution in [0.4, 0.5) is 0 Å². The first-order valence-corrected chi connectivity index (χ1v) is 6.51. The molecule has 16 heavy (non-hydrogen) atoms. The molecule has 1 unspecified atom stereocenters. The predicted octanol–water partition coefficient (Wildman–Crippen LogP) is 5.20. The van der Waals surface area contributed by atoms with Gasteiger partial charge in [0.25, 0.3) is 0 Å². The second-order valence-corrected chi connectivity index (χ2v) is 4.38. The van der Waals surface area contributed by atoms with E-state index in [4.69, 9.17) is 0 Å². The Labute approximate surface area is 100 Å². The second kappa shape index (κ2) is 9.21. The monoisotopic (exact) mass is 216 g/mol. The summed E-state index contributed by atoms with van der Waals surface area (Å²) in [5, 5.41) is 0. The van der Waals surface area contributed by atoms with Gasteiger partial charge in [0.2, 0.25) is 0 Å². The minimum absolute atomic E-state index is 0.652. The summed E-state index contributed by atoms with van der Waals surface area (Å²) in [7, 11) is 0. The highest BCUT2D eigenvalue weighted by Gasteiger charge is 1.99. The number of rotatable bonds is 1. The maximum Gasteiger partial charge on any atom is -0.0199 e. The highest BCUT2D eigenvalue weighted by atomic mass is 14.0. The first kappa shape index (κ1) is 13.0. The van der Waals surface area contributed by atoms with Crippen molar-refractivity contribution in [1.29, 1.82) is 0 Å². The van der Waals surface area contributed by atoms with Gasteiger partial charge in [0, 0.05) is 0 Å². The predicted molar refractivity (Wildman–Crippen MR) is 73.4 cm³/mol. The molecule has 1 atom stereocenters. The van der Waals surface area contributed by atoms with Crippen LogP contribution >= 0.6 is 0 Å². The third-order valence-electron chi connectivity index (χ3n) is 2.98. The lowest BCUT2D eigenvalue weighted by molar-refractivity contribution is 0.606. The van der Waals surface area contributed by atoms with Crippen LogP contribution in [0.5, 0.6) is 0 Å². The summed E-state index contributed by atoms with van der Waals surface area (Å²) in [6.45, 7) is 3.92. The number of allylic oxidation sites excluding steroid dienone is 7. The summed E-state index contributed by atoms with van der Waals surface area (Å²) < 4.78 is 0. The van der Waals surface area contributed by atoms with Crippen LogP contribution in [0.2, 0.25) is 0 Å². The van der Waals surface area contributed by atoms with Gasteiger partial charge >= 0.3 is 0 Å². The lowest BCUT2D eigenvalue weighted by atomic mass is 9.98. The fraction of sp³-hybridized carbons (Fsp3) is 0.500. The molecule has 0 heteroatoms. The minimum atomic E-state index is 0.652. The molecule has 0 aromatic rings. The normalized spacial score (nSPS) is 23.9. The molecular formula is C16H24. The van der Waals surface area contributed by atoms with Crippen molar-refractivity contribution < 1.29 is 0 Å². The minimum Gasteiger partial charge on any atom is -0.103 e. The number of hydrogen-bond donors (Lipinski definition) is 0. The molecule has 1 rings (SSSR count). The summed E-state index contributed by atoms with van der Waals surface area (Å²) in [6.07, 6.45) is 24.3. The van der Waals surface area contributed by atoms with Gasteiger partial charge in [0.05, 0.1) is 0 Å². The third-order valence-corrected chi connectivity index (χ3v) is 2.98. The second-order valence-electron chi connectivity index (χ2n) is 4.38. The van der Waals surface area contributed by atoms with E-state index in [1.807, 2.05) is 0 Å². The zero-order chi connectivity index (χ0) is 11.5. The quantitative estimate of drug-likeness (QED) is 0.528. The van der Waals surface area contributed by atoms with E-state index in [-0.39, 0.29) is 0 Å². The van der Waals surface area contributed by atoms with Gasteiger partial charge in [-0.15, -0.1) is 6.58 Å². The lowest BCUT2D eigenvalue weighted by Crippen LogP contribution is -1.93. The van der Waals surface area contributed by atoms with E-state index in [0.29, 0.717) is 5.92 Å². The van der Waals surface area contributed by atoms with E-state index < -0.39 is 0 Å². The Balaban J connectivity index is 2.43. The fourth-order valence-electron chi connectivity index (χ4n) is 1.89. The van der Waals surface area contributed by atoms with Crippen molar-refractivity contribution in [3.05, 3.63) is 49.1 Å². The molecule has 0 saturated heterocycles. The Morgan fingerprint density at radius 1 is 0.750 bits per heavy atom. The zero-order valence-corrected chi connectivity index (χ0v) is 10.3. The molecule has 88 valence electrons. The van der Waals surface area contributed by atoms with Gasteiger partial charge in [-0.3, -0.25) is 0 Å². The maximum absolute atomic E-state index is 3.92. The van der Waals surface area contributed by atoms with Gasteiger partial charge in [-0.1, -0.05) is 42.5 Å². The molecule has 0 spiro atoms. The van der Waals surface area contributed by atoms with Crippen LogP contribution in [0.1, 0.15) is 44.9 Å². The fourth-order valence-corrected chi connectivity index (χ4v) is 1.89. The molecule has 0 saturated carbocycles. The van der Waals surface area contributed by atoms with Crippen molar-refractivity contribution in [3.63, 3.8) is 0 Å². The average Bonchev–Trinajstić information content (AvgIpc) is 2.32. The van der Waals surface area contributed by atoms with E-state index in [1.165, 1.54) is 38.5 Å². The van der Waals surface area contributed by atoms with E-state index in [0.717, 1.165) is 6.42 Å². The molecule has 0 aliphatic heterocycles. The summed E-state index contributed by atoms with van der Waals surface area (Å²) in [6, 6.07) is 0. The van der Waals surface area contributed by atoms with Crippen molar-refractivity contribution >= 4 is 0 Å². The van der Waals surface area contributed by atoms with E-state index in [1.54, 1.807) is 0 Å². The number of hydrogen-bond acceptors (Lipinski definition) is 0. The molecule has 1 aliphatic carbocycles. The van der Waals surface area contributed by atoms with Crippen LogP contribution in [-0.2, 0) is 0 Å². The molecule has 0 N–H and O–H groups in total. The molecule has 0 bridgehead atoms. The molecule has 0 nitrogen and oxygen atoms in total. The summed E-state index contributed by atoms with van der Waals surface area (Å²) >= 11 is 0. The van der Waals surface area contributed by atoms with Crippen molar-refractivity contribution in [2.75, 3.05) is 0 Å². The Hall–Kier alpha value is -1.04. The molecule has 0 fully saturated rings. The summed E-state index contributed by atoms with van der Waals surface area (Å²) in [4.78, 5) is 0. The molecule has 0 aromatic heterocycles. The molecule has 0 aromatic carbocycles. The van der Waals surface area contributed by atoms with Crippen molar-refractivity contribution in [3.8, 4) is 0 Å². The topological polar surface area (TPSA) is 0 Å². The van der Waals surface area contributed by atoms with E-state index >= 15 is 0 Å². The van der Waals surface area contributed by atoms with Crippen molar-refractivity contribution in [1.82, 2.24) is 0 Å². The summed E-state index contributed by atoms with van der Waals surface area (Å²) in [5.41, 5.74) is 0. The Morgan fingerprint density at radius 3 is 1.81 bits per heavy atom. The molecular weight excluding hydrogens is 192 g/mol. The zero-order valence-electron chi connectivity index (χ0n) is 10.3. The van der Waals surface area contributed by atoms with Gasteiger partial charge in [-0.05, 0) is 50.9 Å². The third kappa shape index (κ3) is 6.44.